The smallest absolute Gasteiger partial charge is 0.261 e. The van der Waals surface area contributed by atoms with E-state index in [1.165, 1.54) is 6.20 Å². The maximum Gasteiger partial charge on any atom is 0.261 e. The van der Waals surface area contributed by atoms with Gasteiger partial charge in [-0.1, -0.05) is 24.3 Å². The first-order valence-electron chi connectivity index (χ1n) is 6.19. The minimum Gasteiger partial charge on any atom is -0.375 e. The molecule has 5 heteroatoms. The number of pyridine rings is 1. The van der Waals surface area contributed by atoms with Gasteiger partial charge in [-0.25, -0.2) is 0 Å². The number of nitrogens with one attached hydrogen (secondary N) is 1. The highest BCUT2D eigenvalue weighted by atomic mass is 16.3. The van der Waals surface area contributed by atoms with Crippen LogP contribution in [0.1, 0.15) is 22.5 Å². The number of carbonyl (C=O) groups excluding carboxylic acids is 2. The molecule has 0 aliphatic carbocycles. The van der Waals surface area contributed by atoms with E-state index in [0.29, 0.717) is 11.3 Å². The topological polar surface area (TPSA) is 79.3 Å². The Morgan fingerprint density at radius 1 is 1.20 bits per heavy atom. The largest absolute Gasteiger partial charge is 0.375 e. The Morgan fingerprint density at radius 2 is 1.95 bits per heavy atom. The Morgan fingerprint density at radius 3 is 2.70 bits per heavy atom. The van der Waals surface area contributed by atoms with Crippen molar-refractivity contribution < 1.29 is 14.7 Å². The molecule has 1 aromatic heterocycles. The molecule has 1 aliphatic rings. The van der Waals surface area contributed by atoms with E-state index in [2.05, 4.69) is 10.3 Å². The van der Waals surface area contributed by atoms with Crippen LogP contribution in [-0.2, 0) is 10.4 Å². The molecule has 0 radical (unpaired) electrons. The number of fused-ring (bicyclic) bond motifs is 1. The van der Waals surface area contributed by atoms with Crippen LogP contribution >= 0.6 is 0 Å². The van der Waals surface area contributed by atoms with E-state index in [4.69, 9.17) is 0 Å². The molecule has 3 rings (SSSR count). The lowest BCUT2D eigenvalue weighted by Gasteiger charge is -2.19. The molecule has 0 saturated heterocycles. The minimum absolute atomic E-state index is 0.234. The summed E-state index contributed by atoms with van der Waals surface area (Å²) in [7, 11) is 0. The number of para-hydroxylation sites is 1. The van der Waals surface area contributed by atoms with Gasteiger partial charge in [0, 0.05) is 17.4 Å². The molecule has 20 heavy (non-hydrogen) atoms. The number of aromatic nitrogens is 1. The molecule has 5 nitrogen and oxygen atoms in total. The summed E-state index contributed by atoms with van der Waals surface area (Å²) in [5.41, 5.74) is -0.633. The van der Waals surface area contributed by atoms with Crippen molar-refractivity contribution >= 4 is 17.4 Å². The second kappa shape index (κ2) is 4.54. The van der Waals surface area contributed by atoms with Crippen molar-refractivity contribution in [2.45, 2.75) is 12.0 Å². The van der Waals surface area contributed by atoms with Gasteiger partial charge in [-0.15, -0.1) is 0 Å². The Balaban J connectivity index is 1.94. The molecule has 2 N–H and O–H groups in total. The lowest BCUT2D eigenvalue weighted by molar-refractivity contribution is -0.133. The van der Waals surface area contributed by atoms with Crippen LogP contribution in [0.15, 0.2) is 48.7 Å². The predicted octanol–water partition coefficient (Wildman–Crippen LogP) is 1.49. The van der Waals surface area contributed by atoms with Crippen molar-refractivity contribution in [3.63, 3.8) is 0 Å². The molecule has 1 aromatic carbocycles. The third-order valence-corrected chi connectivity index (χ3v) is 3.36. The number of aliphatic hydroxyl groups is 1. The summed E-state index contributed by atoms with van der Waals surface area (Å²) in [5, 5.41) is 13.2. The van der Waals surface area contributed by atoms with E-state index in [-0.39, 0.29) is 17.9 Å². The highest BCUT2D eigenvalue weighted by Gasteiger charge is 2.46. The number of anilines is 1. The average Bonchev–Trinajstić information content (AvgIpc) is 2.72. The molecule has 100 valence electrons. The first-order valence-corrected chi connectivity index (χ1v) is 6.19. The fourth-order valence-electron chi connectivity index (χ4n) is 2.33. The molecule has 0 spiro atoms. The van der Waals surface area contributed by atoms with Crippen molar-refractivity contribution in [2.24, 2.45) is 0 Å². The molecule has 2 aromatic rings. The van der Waals surface area contributed by atoms with Crippen molar-refractivity contribution in [3.8, 4) is 0 Å². The quantitative estimate of drug-likeness (QED) is 0.827. The van der Waals surface area contributed by atoms with Crippen LogP contribution in [0.3, 0.4) is 0 Å². The Kier molecular flexibility index (Phi) is 2.84. The fourth-order valence-corrected chi connectivity index (χ4v) is 2.33. The van der Waals surface area contributed by atoms with Crippen LogP contribution in [0.2, 0.25) is 0 Å². The van der Waals surface area contributed by atoms with Gasteiger partial charge in [-0.2, -0.15) is 0 Å². The van der Waals surface area contributed by atoms with Crippen molar-refractivity contribution in [3.05, 3.63) is 59.9 Å². The van der Waals surface area contributed by atoms with Gasteiger partial charge >= 0.3 is 0 Å². The summed E-state index contributed by atoms with van der Waals surface area (Å²) in [6.07, 6.45) is 1.17. The van der Waals surface area contributed by atoms with Crippen LogP contribution in [0.5, 0.6) is 0 Å². The number of benzene rings is 1. The number of amides is 1. The van der Waals surface area contributed by atoms with E-state index in [1.807, 2.05) is 0 Å². The van der Waals surface area contributed by atoms with E-state index in [0.717, 1.165) is 0 Å². The summed E-state index contributed by atoms with van der Waals surface area (Å²) < 4.78 is 0. The summed E-state index contributed by atoms with van der Waals surface area (Å²) in [6.45, 7) is 0. The van der Waals surface area contributed by atoms with Gasteiger partial charge in [0.25, 0.3) is 5.91 Å². The van der Waals surface area contributed by atoms with E-state index in [1.54, 1.807) is 42.5 Å². The first-order chi connectivity index (χ1) is 9.61. The predicted molar refractivity (Wildman–Crippen MR) is 72.2 cm³/mol. The number of rotatable bonds is 3. The number of hydrogen-bond acceptors (Lipinski definition) is 4. The maximum absolute atomic E-state index is 12.2. The second-order valence-electron chi connectivity index (χ2n) is 4.67. The lowest BCUT2D eigenvalue weighted by Crippen LogP contribution is -2.36. The molecular weight excluding hydrogens is 256 g/mol. The number of nitrogens with zero attached hydrogens (tertiary/aromatic N) is 1. The zero-order valence-corrected chi connectivity index (χ0v) is 10.5. The number of Topliss-reactive ketones (excluding diaryl/α,β-unsaturated/α-hetero) is 1. The second-order valence-corrected chi connectivity index (χ2v) is 4.67. The third kappa shape index (κ3) is 1.88. The molecule has 0 bridgehead atoms. The van der Waals surface area contributed by atoms with Gasteiger partial charge in [-0.05, 0) is 18.2 Å². The highest BCUT2D eigenvalue weighted by Crippen LogP contribution is 2.38. The van der Waals surface area contributed by atoms with Crippen molar-refractivity contribution in [1.82, 2.24) is 4.98 Å². The Bertz CT molecular complexity index is 685. The molecule has 2 heterocycles. The summed E-state index contributed by atoms with van der Waals surface area (Å²) in [6, 6.07) is 11.7. The molecular formula is C15H12N2O3. The summed E-state index contributed by atoms with van der Waals surface area (Å²) in [5.74, 6) is -0.956. The van der Waals surface area contributed by atoms with Crippen LogP contribution in [-0.4, -0.2) is 21.8 Å². The zero-order chi connectivity index (χ0) is 14.2. The number of hydrogen-bond donors (Lipinski definition) is 2. The minimum atomic E-state index is -1.83. The van der Waals surface area contributed by atoms with Crippen molar-refractivity contribution in [1.29, 1.82) is 0 Å². The molecule has 1 aliphatic heterocycles. The van der Waals surface area contributed by atoms with Gasteiger partial charge in [0.05, 0.1) is 6.42 Å². The normalized spacial score (nSPS) is 20.4. The van der Waals surface area contributed by atoms with Gasteiger partial charge in [0.2, 0.25) is 0 Å². The van der Waals surface area contributed by atoms with E-state index >= 15 is 0 Å². The van der Waals surface area contributed by atoms with Gasteiger partial charge in [-0.3, -0.25) is 14.6 Å². The van der Waals surface area contributed by atoms with Crippen LogP contribution < -0.4 is 5.32 Å². The first kappa shape index (κ1) is 12.5. The molecule has 0 fully saturated rings. The van der Waals surface area contributed by atoms with Gasteiger partial charge in [0.15, 0.2) is 11.4 Å². The SMILES string of the molecule is O=C(CC1(O)C(=O)Nc2ccccc21)c1ccccn1. The Labute approximate surface area is 115 Å². The molecule has 0 saturated carbocycles. The van der Waals surface area contributed by atoms with Crippen LogP contribution in [0.25, 0.3) is 0 Å². The maximum atomic E-state index is 12.2. The number of carbonyl (C=O) groups is 2. The molecule has 1 amide bonds. The van der Waals surface area contributed by atoms with Crippen molar-refractivity contribution in [2.75, 3.05) is 5.32 Å². The van der Waals surface area contributed by atoms with E-state index in [9.17, 15) is 14.7 Å². The molecule has 1 atom stereocenters. The third-order valence-electron chi connectivity index (χ3n) is 3.36. The molecule has 1 unspecified atom stereocenters. The lowest BCUT2D eigenvalue weighted by atomic mass is 9.89. The zero-order valence-electron chi connectivity index (χ0n) is 10.5. The highest BCUT2D eigenvalue weighted by molar-refractivity contribution is 6.08. The summed E-state index contributed by atoms with van der Waals surface area (Å²) >= 11 is 0. The Hall–Kier alpha value is -2.53. The van der Waals surface area contributed by atoms with Gasteiger partial charge in [0.1, 0.15) is 5.69 Å². The summed E-state index contributed by atoms with van der Waals surface area (Å²) in [4.78, 5) is 28.1. The van der Waals surface area contributed by atoms with Crippen LogP contribution in [0, 0.1) is 0 Å². The van der Waals surface area contributed by atoms with Gasteiger partial charge < -0.3 is 10.4 Å². The standard InChI is InChI=1S/C15H12N2O3/c18-13(12-7-3-4-8-16-12)9-15(20)10-5-1-2-6-11(10)17-14(15)19/h1-8,20H,9H2,(H,17,19). The monoisotopic (exact) mass is 268 g/mol. The average molecular weight is 268 g/mol. The van der Waals surface area contributed by atoms with E-state index < -0.39 is 11.5 Å². The fraction of sp³-hybridized carbons (Fsp3) is 0.133. The number of ketones is 1. The van der Waals surface area contributed by atoms with Crippen LogP contribution in [0.4, 0.5) is 5.69 Å².